The molecule has 4 nitrogen and oxygen atoms in total. The van der Waals surface area contributed by atoms with E-state index >= 15 is 0 Å². The van der Waals surface area contributed by atoms with Gasteiger partial charge in [0.05, 0.1) is 17.4 Å². The van der Waals surface area contributed by atoms with Crippen LogP contribution >= 0.6 is 0 Å². The normalized spacial score (nSPS) is 12.8. The monoisotopic (exact) mass is 466 g/mol. The van der Waals surface area contributed by atoms with E-state index in [9.17, 15) is 14.7 Å². The van der Waals surface area contributed by atoms with Crippen LogP contribution < -0.4 is 0 Å². The molecule has 2 aromatic rings. The Morgan fingerprint density at radius 1 is 0.879 bits per heavy atom. The van der Waals surface area contributed by atoms with Crippen LogP contribution in [0.1, 0.15) is 104 Å². The molecule has 0 aliphatic heterocycles. The van der Waals surface area contributed by atoms with Crippen molar-refractivity contribution in [1.29, 1.82) is 0 Å². The molecule has 2 atom stereocenters. The fourth-order valence-corrected chi connectivity index (χ4v) is 3.44. The summed E-state index contributed by atoms with van der Waals surface area (Å²) in [7, 11) is 0. The zero-order valence-corrected chi connectivity index (χ0v) is 16.7. The summed E-state index contributed by atoms with van der Waals surface area (Å²) in [5, 5.41) is 12.1. The number of carbonyl (C=O) groups excluding carboxylic acids is 1. The Kier molecular flexibility index (Phi) is 21.3. The summed E-state index contributed by atoms with van der Waals surface area (Å²) in [6.07, 6.45) is 2.47. The molecule has 4 heteroatoms. The molecule has 0 amide bonds. The molecule has 0 fully saturated rings. The molecule has 33 heavy (non-hydrogen) atoms. The Hall–Kier alpha value is -2.36. The molecule has 0 aliphatic carbocycles. The minimum Gasteiger partial charge on any atom is -0.481 e. The van der Waals surface area contributed by atoms with E-state index in [1.807, 2.05) is 63.2 Å². The number of hydrogen-bond acceptors (Lipinski definition) is 3. The van der Waals surface area contributed by atoms with Crippen molar-refractivity contribution in [3.8, 4) is 0 Å². The highest BCUT2D eigenvalue weighted by Gasteiger charge is 2.45. The highest BCUT2D eigenvalue weighted by atomic mass is 16.5. The average molecular weight is 467 g/mol. The number of fused-ring (bicyclic) bond motifs is 1. The Balaban J connectivity index is -0.000000436. The number of rotatable bonds is 9. The largest absolute Gasteiger partial charge is 0.481 e. The van der Waals surface area contributed by atoms with Gasteiger partial charge in [-0.15, -0.1) is 0 Å². The molecule has 0 radical (unpaired) electrons. The number of carbonyl (C=O) groups is 2. The standard InChI is InChI=1S/C23H30O4.6CH4/c1-5-7-14-27-21(26)22(3,6-2)16-23(4,20(24)25)19-13-12-17-10-8-9-11-18(17)15-19;;;;;;/h8-13,15H,5-7,14,16H2,1-4H3,(H,24,25);6*1H4. The number of unbranched alkanes of at least 4 members (excludes halogenated alkanes) is 1. The van der Waals surface area contributed by atoms with Crippen molar-refractivity contribution < 1.29 is 19.4 Å². The second-order valence-electron chi connectivity index (χ2n) is 7.78. The molecule has 1 N–H and O–H groups in total. The summed E-state index contributed by atoms with van der Waals surface area (Å²) in [5.41, 5.74) is -1.33. The van der Waals surface area contributed by atoms with Crippen LogP contribution in [0.5, 0.6) is 0 Å². The van der Waals surface area contributed by atoms with Gasteiger partial charge < -0.3 is 9.84 Å². The Morgan fingerprint density at radius 3 is 1.91 bits per heavy atom. The van der Waals surface area contributed by atoms with Crippen LogP contribution in [0.3, 0.4) is 0 Å². The minimum absolute atomic E-state index is 0. The number of hydrogen-bond donors (Lipinski definition) is 1. The molecule has 2 aromatic carbocycles. The van der Waals surface area contributed by atoms with Crippen molar-refractivity contribution in [2.75, 3.05) is 6.61 Å². The summed E-state index contributed by atoms with van der Waals surface area (Å²) in [6.45, 7) is 7.83. The predicted molar refractivity (Wildman–Crippen MR) is 148 cm³/mol. The number of esters is 1. The van der Waals surface area contributed by atoms with Crippen LogP contribution in [0, 0.1) is 5.41 Å². The highest BCUT2D eigenvalue weighted by Crippen LogP contribution is 2.41. The molecule has 0 spiro atoms. The highest BCUT2D eigenvalue weighted by molar-refractivity contribution is 5.88. The molecule has 0 bridgehead atoms. The number of aliphatic carboxylic acids is 1. The predicted octanol–water partition coefficient (Wildman–Crippen LogP) is 9.15. The van der Waals surface area contributed by atoms with Gasteiger partial charge in [0, 0.05) is 0 Å². The van der Waals surface area contributed by atoms with Gasteiger partial charge in [-0.2, -0.15) is 0 Å². The van der Waals surface area contributed by atoms with Gasteiger partial charge in [0.2, 0.25) is 0 Å². The first-order valence-corrected chi connectivity index (χ1v) is 9.66. The third-order valence-electron chi connectivity index (χ3n) is 5.61. The number of ether oxygens (including phenoxy) is 1. The van der Waals surface area contributed by atoms with E-state index < -0.39 is 16.8 Å². The number of carboxylic acid groups (broad SMARTS) is 1. The fourth-order valence-electron chi connectivity index (χ4n) is 3.44. The van der Waals surface area contributed by atoms with E-state index in [1.165, 1.54) is 0 Å². The summed E-state index contributed by atoms with van der Waals surface area (Å²) in [6, 6.07) is 13.6. The molecular weight excluding hydrogens is 412 g/mol. The topological polar surface area (TPSA) is 63.6 Å². The van der Waals surface area contributed by atoms with Gasteiger partial charge in [-0.3, -0.25) is 9.59 Å². The average Bonchev–Trinajstić information content (AvgIpc) is 2.67. The van der Waals surface area contributed by atoms with Gasteiger partial charge in [0.25, 0.3) is 0 Å². The summed E-state index contributed by atoms with van der Waals surface area (Å²) >= 11 is 0. The lowest BCUT2D eigenvalue weighted by atomic mass is 9.68. The molecule has 2 rings (SSSR count). The first-order valence-electron chi connectivity index (χ1n) is 9.66. The maximum atomic E-state index is 12.7. The Morgan fingerprint density at radius 2 is 1.42 bits per heavy atom. The van der Waals surface area contributed by atoms with Gasteiger partial charge >= 0.3 is 11.9 Å². The molecule has 0 heterocycles. The fraction of sp³-hybridized carbons (Fsp3) is 0.586. The van der Waals surface area contributed by atoms with E-state index in [0.29, 0.717) is 18.6 Å². The van der Waals surface area contributed by atoms with Crippen molar-refractivity contribution in [2.45, 2.75) is 103 Å². The molecule has 0 aliphatic rings. The van der Waals surface area contributed by atoms with Crippen LogP contribution in [0.15, 0.2) is 42.5 Å². The lowest BCUT2D eigenvalue weighted by Crippen LogP contribution is -2.42. The van der Waals surface area contributed by atoms with Crippen molar-refractivity contribution in [3.63, 3.8) is 0 Å². The first-order chi connectivity index (χ1) is 12.8. The van der Waals surface area contributed by atoms with E-state index in [-0.39, 0.29) is 57.0 Å². The quantitative estimate of drug-likeness (QED) is 0.295. The Labute approximate surface area is 205 Å². The summed E-state index contributed by atoms with van der Waals surface area (Å²) < 4.78 is 5.44. The van der Waals surface area contributed by atoms with Crippen LogP contribution in [-0.2, 0) is 19.7 Å². The van der Waals surface area contributed by atoms with Crippen molar-refractivity contribution >= 4 is 22.7 Å². The molecule has 2 unspecified atom stereocenters. The van der Waals surface area contributed by atoms with Crippen LogP contribution in [0.25, 0.3) is 10.8 Å². The molecule has 0 saturated carbocycles. The minimum atomic E-state index is -1.18. The SMILES string of the molecule is C.C.C.C.C.C.CCCCOC(=O)C(C)(CC)CC(C)(C(=O)O)c1ccc2ccccc2c1. The van der Waals surface area contributed by atoms with Gasteiger partial charge in [-0.05, 0) is 49.4 Å². The third kappa shape index (κ3) is 9.19. The lowest BCUT2D eigenvalue weighted by molar-refractivity contribution is -0.158. The second-order valence-corrected chi connectivity index (χ2v) is 7.78. The van der Waals surface area contributed by atoms with Crippen LogP contribution in [-0.4, -0.2) is 23.7 Å². The zero-order chi connectivity index (χ0) is 20.1. The maximum absolute atomic E-state index is 12.7. The maximum Gasteiger partial charge on any atom is 0.313 e. The Bertz CT molecular complexity index is 814. The third-order valence-corrected chi connectivity index (χ3v) is 5.61. The van der Waals surface area contributed by atoms with Gasteiger partial charge in [0.1, 0.15) is 0 Å². The van der Waals surface area contributed by atoms with Crippen molar-refractivity contribution in [2.24, 2.45) is 5.41 Å². The zero-order valence-electron chi connectivity index (χ0n) is 16.7. The van der Waals surface area contributed by atoms with Crippen LogP contribution in [0.2, 0.25) is 0 Å². The van der Waals surface area contributed by atoms with E-state index in [2.05, 4.69) is 0 Å². The van der Waals surface area contributed by atoms with Gasteiger partial charge in [-0.25, -0.2) is 0 Å². The smallest absolute Gasteiger partial charge is 0.313 e. The molecular formula is C29H54O4. The van der Waals surface area contributed by atoms with Gasteiger partial charge in [-0.1, -0.05) is 107 Å². The van der Waals surface area contributed by atoms with Gasteiger partial charge in [0.15, 0.2) is 0 Å². The van der Waals surface area contributed by atoms with Crippen molar-refractivity contribution in [3.05, 3.63) is 48.0 Å². The number of carboxylic acids is 1. The van der Waals surface area contributed by atoms with Crippen molar-refractivity contribution in [1.82, 2.24) is 0 Å². The molecule has 194 valence electrons. The second kappa shape index (κ2) is 17.2. The van der Waals surface area contributed by atoms with E-state index in [1.54, 1.807) is 6.92 Å². The number of benzene rings is 2. The van der Waals surface area contributed by atoms with Crippen LogP contribution in [0.4, 0.5) is 0 Å². The molecule has 0 saturated heterocycles. The summed E-state index contributed by atoms with van der Waals surface area (Å²) in [5.74, 6) is -1.24. The molecule has 0 aromatic heterocycles. The lowest BCUT2D eigenvalue weighted by Gasteiger charge is -2.35. The van der Waals surface area contributed by atoms with E-state index in [0.717, 1.165) is 23.6 Å². The van der Waals surface area contributed by atoms with E-state index in [4.69, 9.17) is 4.74 Å². The summed E-state index contributed by atoms with van der Waals surface area (Å²) in [4.78, 5) is 25.0. The first kappa shape index (κ1) is 40.9.